The van der Waals surface area contributed by atoms with Gasteiger partial charge >= 0.3 is 0 Å². The molecule has 0 N–H and O–H groups in total. The first kappa shape index (κ1) is 24.6. The van der Waals surface area contributed by atoms with Crippen molar-refractivity contribution in [3.05, 3.63) is 112 Å². The van der Waals surface area contributed by atoms with Gasteiger partial charge in [-0.3, -0.25) is 0 Å². The van der Waals surface area contributed by atoms with E-state index in [-0.39, 0.29) is 0 Å². The lowest BCUT2D eigenvalue weighted by atomic mass is 9.87. The Bertz CT molecular complexity index is 2070. The molecular formula is C38H33N3S. The summed E-state index contributed by atoms with van der Waals surface area (Å²) < 4.78 is 2.72. The molecule has 206 valence electrons. The molecule has 3 nitrogen and oxygen atoms in total. The Kier molecular flexibility index (Phi) is 5.72. The number of rotatable bonds is 3. The first-order chi connectivity index (χ1) is 20.8. The maximum Gasteiger partial charge on any atom is 0.231 e. The molecule has 0 fully saturated rings. The molecule has 0 amide bonds. The van der Waals surface area contributed by atoms with E-state index in [1.807, 2.05) is 11.3 Å². The van der Waals surface area contributed by atoms with Crippen molar-refractivity contribution >= 4 is 60.9 Å². The molecule has 5 aliphatic rings. The van der Waals surface area contributed by atoms with E-state index in [1.54, 1.807) is 0 Å². The van der Waals surface area contributed by atoms with Gasteiger partial charge in [0, 0.05) is 32.7 Å². The molecule has 2 unspecified atom stereocenters. The van der Waals surface area contributed by atoms with Crippen LogP contribution in [0.1, 0.15) is 68.5 Å². The van der Waals surface area contributed by atoms with Gasteiger partial charge in [0.25, 0.3) is 0 Å². The molecule has 4 heteroatoms. The molecule has 0 radical (unpaired) electrons. The van der Waals surface area contributed by atoms with Gasteiger partial charge in [-0.1, -0.05) is 85.0 Å². The van der Waals surface area contributed by atoms with E-state index in [1.165, 1.54) is 53.4 Å². The van der Waals surface area contributed by atoms with E-state index >= 15 is 0 Å². The standard InChI is InChI=1S/C38H33N3S/c1-2-10-24(11-3-1)25-18-20-26(21-19-25)35-31-14-4-7-15-32(31)39-38(40-35)41-33-16-8-5-12-27(33)29-22-23-30-28-13-6-9-17-34(28)42-37(30)36(29)41/h1-2,5-6,9-10,12-15,17-18,20,22-23,27,33H,3-4,7-8,11,16,19,21H2. The number of thiophene rings is 1. The summed E-state index contributed by atoms with van der Waals surface area (Å²) >= 11 is 1.92. The Morgan fingerprint density at radius 1 is 0.762 bits per heavy atom. The fourth-order valence-corrected chi connectivity index (χ4v) is 9.00. The summed E-state index contributed by atoms with van der Waals surface area (Å²) in [7, 11) is 0. The van der Waals surface area contributed by atoms with Gasteiger partial charge in [0.2, 0.25) is 5.95 Å². The van der Waals surface area contributed by atoms with Crippen LogP contribution in [-0.4, -0.2) is 16.0 Å². The highest BCUT2D eigenvalue weighted by Gasteiger charge is 2.42. The minimum atomic E-state index is 0.345. The van der Waals surface area contributed by atoms with E-state index in [2.05, 4.69) is 96.0 Å². The van der Waals surface area contributed by atoms with Crippen molar-refractivity contribution in [3.8, 4) is 0 Å². The predicted octanol–water partition coefficient (Wildman–Crippen LogP) is 8.53. The Hall–Kier alpha value is -4.02. The van der Waals surface area contributed by atoms with Crippen LogP contribution in [0, 0.1) is 0 Å². The van der Waals surface area contributed by atoms with Crippen molar-refractivity contribution in [2.45, 2.75) is 63.3 Å². The molecular weight excluding hydrogens is 531 g/mol. The monoisotopic (exact) mass is 563 g/mol. The van der Waals surface area contributed by atoms with E-state index in [0.717, 1.165) is 68.4 Å². The average molecular weight is 564 g/mol. The Morgan fingerprint density at radius 3 is 2.55 bits per heavy atom. The van der Waals surface area contributed by atoms with E-state index < -0.39 is 0 Å². The summed E-state index contributed by atoms with van der Waals surface area (Å²) in [4.78, 5) is 13.4. The summed E-state index contributed by atoms with van der Waals surface area (Å²) in [6.07, 6.45) is 29.7. The predicted molar refractivity (Wildman–Crippen MR) is 178 cm³/mol. The highest BCUT2D eigenvalue weighted by Crippen LogP contribution is 2.53. The van der Waals surface area contributed by atoms with Crippen LogP contribution in [0.25, 0.3) is 37.9 Å². The van der Waals surface area contributed by atoms with Crippen molar-refractivity contribution in [1.29, 1.82) is 0 Å². The number of allylic oxidation sites excluding steroid dienone is 9. The number of aromatic nitrogens is 2. The third-order valence-electron chi connectivity index (χ3n) is 9.78. The van der Waals surface area contributed by atoms with Crippen LogP contribution < -0.4 is 15.5 Å². The van der Waals surface area contributed by atoms with Crippen LogP contribution in [0.2, 0.25) is 0 Å². The van der Waals surface area contributed by atoms with Crippen LogP contribution >= 0.6 is 11.3 Å². The third-order valence-corrected chi connectivity index (χ3v) is 11.0. The SMILES string of the molecule is C1=CCCC(C2=CC=C(c3nc(N4c5c(ccc6c5sc5ccccc56)C5C=CCCC54)nc4c3=CCCC=4)CC2)=C1. The Morgan fingerprint density at radius 2 is 1.64 bits per heavy atom. The van der Waals surface area contributed by atoms with Gasteiger partial charge in [0.05, 0.1) is 21.4 Å². The number of nitrogens with zero attached hydrogens (tertiary/aromatic N) is 3. The quantitative estimate of drug-likeness (QED) is 0.234. The molecule has 2 aromatic carbocycles. The second kappa shape index (κ2) is 9.78. The zero-order valence-electron chi connectivity index (χ0n) is 23.7. The molecule has 9 rings (SSSR count). The van der Waals surface area contributed by atoms with Crippen molar-refractivity contribution in [1.82, 2.24) is 9.97 Å². The molecule has 1 aliphatic heterocycles. The van der Waals surface area contributed by atoms with Gasteiger partial charge in [-0.25, -0.2) is 9.97 Å². The van der Waals surface area contributed by atoms with E-state index in [0.29, 0.717) is 12.0 Å². The molecule has 0 saturated carbocycles. The van der Waals surface area contributed by atoms with Crippen LogP contribution in [0.15, 0.2) is 90.1 Å². The summed E-state index contributed by atoms with van der Waals surface area (Å²) in [5.74, 6) is 1.25. The summed E-state index contributed by atoms with van der Waals surface area (Å²) in [5, 5.41) is 5.03. The Labute approximate surface area is 250 Å². The van der Waals surface area contributed by atoms with Gasteiger partial charge in [-0.05, 0) is 79.7 Å². The first-order valence-corrected chi connectivity index (χ1v) is 16.4. The number of fused-ring (bicyclic) bond motifs is 8. The summed E-state index contributed by atoms with van der Waals surface area (Å²) in [5.41, 5.74) is 8.22. The molecule has 0 bridgehead atoms. The molecule has 3 heterocycles. The minimum absolute atomic E-state index is 0.345. The maximum absolute atomic E-state index is 5.50. The lowest BCUT2D eigenvalue weighted by molar-refractivity contribution is 0.558. The van der Waals surface area contributed by atoms with Crippen molar-refractivity contribution < 1.29 is 0 Å². The molecule has 4 aliphatic carbocycles. The average Bonchev–Trinajstić information content (AvgIpc) is 3.61. The van der Waals surface area contributed by atoms with Crippen molar-refractivity contribution in [2.75, 3.05) is 4.90 Å². The summed E-state index contributed by atoms with van der Waals surface area (Å²) in [6.45, 7) is 0. The van der Waals surface area contributed by atoms with Gasteiger partial charge in [0.1, 0.15) is 0 Å². The zero-order valence-corrected chi connectivity index (χ0v) is 24.5. The fraction of sp³-hybridized carbons (Fsp3) is 0.263. The second-order valence-corrected chi connectivity index (χ2v) is 13.2. The van der Waals surface area contributed by atoms with Gasteiger partial charge in [0.15, 0.2) is 0 Å². The van der Waals surface area contributed by atoms with E-state index in [9.17, 15) is 0 Å². The molecule has 4 aromatic rings. The Balaban J connectivity index is 1.24. The van der Waals surface area contributed by atoms with Crippen LogP contribution in [-0.2, 0) is 0 Å². The molecule has 0 saturated heterocycles. The maximum atomic E-state index is 5.50. The number of hydrogen-bond acceptors (Lipinski definition) is 4. The lowest BCUT2D eigenvalue weighted by Crippen LogP contribution is -2.39. The molecule has 2 atom stereocenters. The van der Waals surface area contributed by atoms with Crippen molar-refractivity contribution in [2.24, 2.45) is 0 Å². The fourth-order valence-electron chi connectivity index (χ4n) is 7.74. The topological polar surface area (TPSA) is 29.0 Å². The molecule has 2 aromatic heterocycles. The van der Waals surface area contributed by atoms with E-state index in [4.69, 9.17) is 9.97 Å². The first-order valence-electron chi connectivity index (χ1n) is 15.6. The smallest absolute Gasteiger partial charge is 0.231 e. The highest BCUT2D eigenvalue weighted by atomic mass is 32.1. The van der Waals surface area contributed by atoms with Crippen LogP contribution in [0.5, 0.6) is 0 Å². The molecule has 0 spiro atoms. The van der Waals surface area contributed by atoms with Crippen molar-refractivity contribution in [3.63, 3.8) is 0 Å². The van der Waals surface area contributed by atoms with Gasteiger partial charge < -0.3 is 4.90 Å². The number of anilines is 2. The lowest BCUT2D eigenvalue weighted by Gasteiger charge is -2.30. The highest BCUT2D eigenvalue weighted by molar-refractivity contribution is 7.26. The van der Waals surface area contributed by atoms with Gasteiger partial charge in [-0.2, -0.15) is 0 Å². The van der Waals surface area contributed by atoms with Crippen LogP contribution in [0.3, 0.4) is 0 Å². The minimum Gasteiger partial charge on any atom is -0.305 e. The van der Waals surface area contributed by atoms with Crippen LogP contribution in [0.4, 0.5) is 11.6 Å². The largest absolute Gasteiger partial charge is 0.305 e. The zero-order chi connectivity index (χ0) is 27.6. The molecule has 42 heavy (non-hydrogen) atoms. The number of benzene rings is 2. The third kappa shape index (κ3) is 3.78. The number of hydrogen-bond donors (Lipinski definition) is 0. The second-order valence-electron chi connectivity index (χ2n) is 12.1. The van der Waals surface area contributed by atoms with Gasteiger partial charge in [-0.15, -0.1) is 11.3 Å². The summed E-state index contributed by atoms with van der Waals surface area (Å²) in [6, 6.07) is 13.9. The normalized spacial score (nSPS) is 22.6.